The highest BCUT2D eigenvalue weighted by molar-refractivity contribution is 5.09. The van der Waals surface area contributed by atoms with Crippen LogP contribution in [-0.4, -0.2) is 0 Å². The van der Waals surface area contributed by atoms with Crippen LogP contribution in [0.3, 0.4) is 0 Å². The van der Waals surface area contributed by atoms with Crippen molar-refractivity contribution in [1.82, 2.24) is 0 Å². The van der Waals surface area contributed by atoms with Gasteiger partial charge in [0.1, 0.15) is 0 Å². The lowest BCUT2D eigenvalue weighted by atomic mass is 9.75. The quantitative estimate of drug-likeness (QED) is 0.341. The van der Waals surface area contributed by atoms with E-state index >= 15 is 0 Å². The molecule has 0 aliphatic heterocycles. The summed E-state index contributed by atoms with van der Waals surface area (Å²) in [6.45, 7) is 14.3. The van der Waals surface area contributed by atoms with Crippen molar-refractivity contribution in [1.29, 1.82) is 0 Å². The highest BCUT2D eigenvalue weighted by Crippen LogP contribution is 2.47. The van der Waals surface area contributed by atoms with Crippen LogP contribution >= 0.6 is 0 Å². The van der Waals surface area contributed by atoms with Crippen LogP contribution in [0.2, 0.25) is 0 Å². The molecule has 0 aromatic carbocycles. The van der Waals surface area contributed by atoms with E-state index in [4.69, 9.17) is 0 Å². The summed E-state index contributed by atoms with van der Waals surface area (Å²) in [5.41, 5.74) is 0.678. The Labute approximate surface area is 194 Å². The highest BCUT2D eigenvalue weighted by atomic mass is 14.4. The van der Waals surface area contributed by atoms with Crippen LogP contribution in [0.15, 0.2) is 48.6 Å². The predicted octanol–water partition coefficient (Wildman–Crippen LogP) is 9.55. The minimum atomic E-state index is 0.335. The van der Waals surface area contributed by atoms with Crippen LogP contribution < -0.4 is 0 Å². The van der Waals surface area contributed by atoms with Crippen molar-refractivity contribution in [2.75, 3.05) is 0 Å². The molecule has 0 N–H and O–H groups in total. The van der Waals surface area contributed by atoms with Crippen LogP contribution in [0.25, 0.3) is 0 Å². The Hall–Kier alpha value is -1.04. The van der Waals surface area contributed by atoms with Gasteiger partial charge in [-0.3, -0.25) is 0 Å². The Morgan fingerprint density at radius 2 is 0.839 bits per heavy atom. The van der Waals surface area contributed by atoms with Gasteiger partial charge in [-0.2, -0.15) is 0 Å². The summed E-state index contributed by atoms with van der Waals surface area (Å²) in [5, 5.41) is 0. The zero-order valence-electron chi connectivity index (χ0n) is 21.4. The van der Waals surface area contributed by atoms with Crippen LogP contribution in [0.5, 0.6) is 0 Å². The molecule has 0 aromatic rings. The second kappa shape index (κ2) is 10.7. The van der Waals surface area contributed by atoms with Crippen molar-refractivity contribution in [3.63, 3.8) is 0 Å². The molecule has 3 aliphatic rings. The molecule has 3 saturated carbocycles. The number of allylic oxidation sites excluding steroid dienone is 8. The van der Waals surface area contributed by atoms with Crippen molar-refractivity contribution in [3.8, 4) is 0 Å². The topological polar surface area (TPSA) is 0 Å². The van der Waals surface area contributed by atoms with E-state index in [9.17, 15) is 0 Å². The van der Waals surface area contributed by atoms with E-state index in [0.717, 1.165) is 35.5 Å². The van der Waals surface area contributed by atoms with Crippen molar-refractivity contribution in [3.05, 3.63) is 48.6 Å². The molecule has 0 bridgehead atoms. The first-order valence-electron chi connectivity index (χ1n) is 13.4. The van der Waals surface area contributed by atoms with Crippen molar-refractivity contribution in [2.45, 2.75) is 99.3 Å². The second-order valence-corrected chi connectivity index (χ2v) is 12.3. The maximum Gasteiger partial charge on any atom is -0.0146 e. The molecule has 6 unspecified atom stereocenters. The average molecular weight is 423 g/mol. The van der Waals surface area contributed by atoms with Gasteiger partial charge < -0.3 is 0 Å². The first-order valence-corrected chi connectivity index (χ1v) is 13.4. The third kappa shape index (κ3) is 6.72. The summed E-state index contributed by atoms with van der Waals surface area (Å²) in [7, 11) is 0. The van der Waals surface area contributed by atoms with Gasteiger partial charge in [0.15, 0.2) is 0 Å². The van der Waals surface area contributed by atoms with Gasteiger partial charge in [0.2, 0.25) is 0 Å². The Kier molecular flexibility index (Phi) is 8.51. The molecule has 0 aromatic heterocycles. The molecule has 174 valence electrons. The average Bonchev–Trinajstić information content (AvgIpc) is 3.47. The smallest absolute Gasteiger partial charge is 0.0146 e. The third-order valence-electron chi connectivity index (χ3n) is 9.09. The van der Waals surface area contributed by atoms with E-state index < -0.39 is 0 Å². The van der Waals surface area contributed by atoms with Crippen LogP contribution in [-0.2, 0) is 0 Å². The molecule has 6 atom stereocenters. The maximum atomic E-state index is 2.61. The van der Waals surface area contributed by atoms with E-state index in [-0.39, 0.29) is 0 Å². The molecule has 0 spiro atoms. The fourth-order valence-electron chi connectivity index (χ4n) is 6.72. The zero-order chi connectivity index (χ0) is 22.5. The Morgan fingerprint density at radius 3 is 1.29 bits per heavy atom. The lowest BCUT2D eigenvalue weighted by Crippen LogP contribution is -2.20. The van der Waals surface area contributed by atoms with Crippen LogP contribution in [0.4, 0.5) is 0 Å². The minimum absolute atomic E-state index is 0.335. The summed E-state index contributed by atoms with van der Waals surface area (Å²) in [6.07, 6.45) is 32.2. The normalized spacial score (nSPS) is 35.7. The third-order valence-corrected chi connectivity index (χ3v) is 9.09. The summed E-state index contributed by atoms with van der Waals surface area (Å²) >= 11 is 0. The molecule has 3 rings (SSSR count). The van der Waals surface area contributed by atoms with E-state index in [2.05, 4.69) is 90.2 Å². The number of rotatable bonds is 8. The number of hydrogen-bond acceptors (Lipinski definition) is 0. The molecular weight excluding hydrogens is 372 g/mol. The molecule has 0 nitrogen and oxygen atoms in total. The number of hydrogen-bond donors (Lipinski definition) is 0. The van der Waals surface area contributed by atoms with Gasteiger partial charge in [-0.15, -0.1) is 0 Å². The van der Waals surface area contributed by atoms with Crippen LogP contribution in [0.1, 0.15) is 99.3 Å². The molecule has 31 heavy (non-hydrogen) atoms. The fourth-order valence-corrected chi connectivity index (χ4v) is 6.72. The van der Waals surface area contributed by atoms with E-state index in [1.54, 1.807) is 0 Å². The van der Waals surface area contributed by atoms with Crippen molar-refractivity contribution < 1.29 is 0 Å². The van der Waals surface area contributed by atoms with E-state index in [0.29, 0.717) is 10.8 Å². The molecule has 0 radical (unpaired) electrons. The maximum absolute atomic E-state index is 2.61. The van der Waals surface area contributed by atoms with Gasteiger partial charge in [-0.25, -0.2) is 0 Å². The standard InChI is InChI=1S/C31H50/c1-7-9-24-11-12-26(21-24)17-19-30(3,4)29-16-14-27(23-29)18-20-31(5,6)28-15-13-25(22-28)10-8-2/h7-10,17-20,24-29H,11-16,21-23H2,1-6H3/b9-7+,10-8+,19-17+,20-18+. The van der Waals surface area contributed by atoms with E-state index in [1.165, 1.54) is 57.8 Å². The SMILES string of the molecule is C/C=C/C1CCC(/C=C/C(C)(C)C2CCC(/C=C/C(C)(C)C3CCC(/C=C/C)C3)C2)C1. The highest BCUT2D eigenvalue weighted by Gasteiger charge is 2.36. The van der Waals surface area contributed by atoms with Gasteiger partial charge in [0.25, 0.3) is 0 Å². The fraction of sp³-hybridized carbons (Fsp3) is 0.742. The monoisotopic (exact) mass is 422 g/mol. The summed E-state index contributed by atoms with van der Waals surface area (Å²) in [4.78, 5) is 0. The van der Waals surface area contributed by atoms with Gasteiger partial charge in [-0.05, 0) is 118 Å². The molecule has 0 heteroatoms. The molecule has 3 fully saturated rings. The van der Waals surface area contributed by atoms with Gasteiger partial charge in [0.05, 0.1) is 0 Å². The van der Waals surface area contributed by atoms with Crippen LogP contribution in [0, 0.1) is 46.3 Å². The zero-order valence-corrected chi connectivity index (χ0v) is 21.4. The Balaban J connectivity index is 1.50. The molecule has 0 heterocycles. The summed E-state index contributed by atoms with van der Waals surface area (Å²) in [6, 6.07) is 0. The van der Waals surface area contributed by atoms with Crippen molar-refractivity contribution in [2.24, 2.45) is 46.3 Å². The second-order valence-electron chi connectivity index (χ2n) is 12.3. The molecule has 0 amide bonds. The van der Waals surface area contributed by atoms with Crippen molar-refractivity contribution >= 4 is 0 Å². The summed E-state index contributed by atoms with van der Waals surface area (Å²) in [5.74, 6) is 4.91. The molecule has 3 aliphatic carbocycles. The molecule has 0 saturated heterocycles. The summed E-state index contributed by atoms with van der Waals surface area (Å²) < 4.78 is 0. The lowest BCUT2D eigenvalue weighted by Gasteiger charge is -2.30. The minimum Gasteiger partial charge on any atom is -0.0914 e. The Bertz CT molecular complexity index is 670. The Morgan fingerprint density at radius 1 is 0.484 bits per heavy atom. The first-order chi connectivity index (χ1) is 14.7. The van der Waals surface area contributed by atoms with Gasteiger partial charge in [0, 0.05) is 0 Å². The molecular formula is C31H50. The first kappa shape index (κ1) is 24.6. The lowest BCUT2D eigenvalue weighted by molar-refractivity contribution is 0.278. The van der Waals surface area contributed by atoms with E-state index in [1.807, 2.05) is 0 Å². The predicted molar refractivity (Wildman–Crippen MR) is 138 cm³/mol. The van der Waals surface area contributed by atoms with Gasteiger partial charge in [-0.1, -0.05) is 76.3 Å². The van der Waals surface area contributed by atoms with Gasteiger partial charge >= 0.3 is 0 Å². The largest absolute Gasteiger partial charge is 0.0914 e.